The van der Waals surface area contributed by atoms with E-state index in [-0.39, 0.29) is 25.0 Å². The highest BCUT2D eigenvalue weighted by atomic mass is 16.4. The third-order valence-electron chi connectivity index (χ3n) is 6.84. The molecule has 0 aliphatic carbocycles. The van der Waals surface area contributed by atoms with E-state index in [1.807, 2.05) is 24.3 Å². The van der Waals surface area contributed by atoms with Gasteiger partial charge >= 0.3 is 5.97 Å². The van der Waals surface area contributed by atoms with E-state index in [4.69, 9.17) is 11.5 Å². The van der Waals surface area contributed by atoms with Gasteiger partial charge in [-0.2, -0.15) is 0 Å². The van der Waals surface area contributed by atoms with Crippen molar-refractivity contribution in [3.8, 4) is 5.75 Å². The number of phenols is 1. The topological polar surface area (TPSA) is 233 Å². The molecule has 4 unspecified atom stereocenters. The first-order valence-corrected chi connectivity index (χ1v) is 13.7. The smallest absolute Gasteiger partial charge is 0.326 e. The quantitative estimate of drug-likeness (QED) is 0.100. The van der Waals surface area contributed by atoms with Crippen molar-refractivity contribution in [2.24, 2.45) is 11.5 Å². The summed E-state index contributed by atoms with van der Waals surface area (Å²) < 4.78 is 0. The molecule has 13 nitrogen and oxygen atoms in total. The summed E-state index contributed by atoms with van der Waals surface area (Å²) in [6.07, 6.45) is 2.92. The minimum Gasteiger partial charge on any atom is -0.508 e. The summed E-state index contributed by atoms with van der Waals surface area (Å²) in [5.41, 5.74) is 13.4. The fraction of sp³-hybridized carbons (Fsp3) is 0.379. The number of rotatable bonds is 16. The fourth-order valence-electron chi connectivity index (χ4n) is 4.47. The molecule has 0 spiro atoms. The number of para-hydroxylation sites is 1. The summed E-state index contributed by atoms with van der Waals surface area (Å²) in [5.74, 6) is -3.40. The summed E-state index contributed by atoms with van der Waals surface area (Å²) in [6, 6.07) is 8.49. The molecule has 3 aromatic rings. The van der Waals surface area contributed by atoms with Crippen molar-refractivity contribution in [1.82, 2.24) is 20.9 Å². The molecule has 226 valence electrons. The van der Waals surface area contributed by atoms with E-state index in [9.17, 15) is 34.5 Å². The number of nitrogens with two attached hydrogens (primary N) is 2. The van der Waals surface area contributed by atoms with Gasteiger partial charge in [-0.3, -0.25) is 14.4 Å². The maximum absolute atomic E-state index is 13.6. The number of carbonyl (C=O) groups excluding carboxylic acids is 3. The largest absolute Gasteiger partial charge is 0.508 e. The number of H-pyrrole nitrogens is 1. The standard InChI is InChI=1S/C29H38N6O7/c30-12-4-3-7-23(27(39)35-25(29(41)42)13-17-8-10-19(37)11-9-17)33-28(40)24(34-26(38)21(31)16-36)14-18-15-32-22-6-2-1-5-20(18)22/h1-2,5-6,8-11,15,21,23-25,32,36-37H,3-4,7,12-14,16,30-31H2,(H,33,40)(H,34,38)(H,35,39)(H,41,42). The Bertz CT molecular complexity index is 1360. The zero-order valence-electron chi connectivity index (χ0n) is 23.1. The number of aliphatic hydroxyl groups excluding tert-OH is 1. The van der Waals surface area contributed by atoms with Crippen molar-refractivity contribution >= 4 is 34.6 Å². The molecular formula is C29H38N6O7. The van der Waals surface area contributed by atoms with Gasteiger partial charge in [0.25, 0.3) is 0 Å². The number of carbonyl (C=O) groups is 4. The Balaban J connectivity index is 1.81. The number of nitrogens with one attached hydrogen (secondary N) is 4. The van der Waals surface area contributed by atoms with Crippen molar-refractivity contribution in [1.29, 1.82) is 0 Å². The van der Waals surface area contributed by atoms with Gasteiger partial charge in [-0.25, -0.2) is 4.79 Å². The average molecular weight is 583 g/mol. The number of aromatic amines is 1. The van der Waals surface area contributed by atoms with Gasteiger partial charge in [-0.15, -0.1) is 0 Å². The Morgan fingerprint density at radius 1 is 0.833 bits per heavy atom. The lowest BCUT2D eigenvalue weighted by Crippen LogP contribution is -2.58. The molecule has 0 saturated carbocycles. The molecule has 0 aliphatic heterocycles. The first-order valence-electron chi connectivity index (χ1n) is 13.7. The van der Waals surface area contributed by atoms with E-state index in [1.165, 1.54) is 12.1 Å². The van der Waals surface area contributed by atoms with Crippen LogP contribution in [0.25, 0.3) is 10.9 Å². The van der Waals surface area contributed by atoms with Crippen molar-refractivity contribution in [3.63, 3.8) is 0 Å². The lowest BCUT2D eigenvalue weighted by Gasteiger charge is -2.25. The van der Waals surface area contributed by atoms with Gasteiger partial charge in [0.15, 0.2) is 0 Å². The van der Waals surface area contributed by atoms with Crippen LogP contribution >= 0.6 is 0 Å². The van der Waals surface area contributed by atoms with Crippen LogP contribution in [0.1, 0.15) is 30.4 Å². The Kier molecular flexibility index (Phi) is 11.8. The number of aliphatic carboxylic acids is 1. The molecule has 3 amide bonds. The first kappa shape index (κ1) is 32.1. The number of phenolic OH excluding ortho intramolecular Hbond substituents is 1. The molecule has 42 heavy (non-hydrogen) atoms. The third-order valence-corrected chi connectivity index (χ3v) is 6.84. The van der Waals surface area contributed by atoms with Crippen LogP contribution in [-0.2, 0) is 32.0 Å². The summed E-state index contributed by atoms with van der Waals surface area (Å²) in [7, 11) is 0. The Morgan fingerprint density at radius 3 is 2.14 bits per heavy atom. The SMILES string of the molecule is NCCCCC(NC(=O)C(Cc1c[nH]c2ccccc12)NC(=O)C(N)CO)C(=O)NC(Cc1ccc(O)cc1)C(=O)O. The highest BCUT2D eigenvalue weighted by molar-refractivity contribution is 5.95. The van der Waals surface area contributed by atoms with Gasteiger partial charge in [-0.05, 0) is 55.1 Å². The number of carboxylic acid groups (broad SMARTS) is 1. The number of benzene rings is 2. The molecule has 1 heterocycles. The highest BCUT2D eigenvalue weighted by Gasteiger charge is 2.31. The van der Waals surface area contributed by atoms with E-state index in [1.54, 1.807) is 18.3 Å². The Hall–Kier alpha value is -4.46. The van der Waals surface area contributed by atoms with Gasteiger partial charge in [0.2, 0.25) is 17.7 Å². The number of aromatic hydroxyl groups is 1. The van der Waals surface area contributed by atoms with Crippen LogP contribution in [-0.4, -0.2) is 81.3 Å². The average Bonchev–Trinajstić information content (AvgIpc) is 3.39. The van der Waals surface area contributed by atoms with Crippen LogP contribution in [0.5, 0.6) is 5.75 Å². The minimum atomic E-state index is -1.31. The number of hydrogen-bond acceptors (Lipinski definition) is 8. The summed E-state index contributed by atoms with van der Waals surface area (Å²) in [4.78, 5) is 54.5. The summed E-state index contributed by atoms with van der Waals surface area (Å²) >= 11 is 0. The van der Waals surface area contributed by atoms with Gasteiger partial charge < -0.3 is 47.7 Å². The number of hydrogen-bond donors (Lipinski definition) is 9. The molecule has 3 rings (SSSR count). The third kappa shape index (κ3) is 9.03. The summed E-state index contributed by atoms with van der Waals surface area (Å²) in [6.45, 7) is -0.270. The molecular weight excluding hydrogens is 544 g/mol. The molecule has 1 aromatic heterocycles. The van der Waals surface area contributed by atoms with E-state index in [0.29, 0.717) is 24.9 Å². The monoisotopic (exact) mass is 582 g/mol. The predicted octanol–water partition coefficient (Wildman–Crippen LogP) is -0.354. The molecule has 0 aliphatic rings. The van der Waals surface area contributed by atoms with Crippen LogP contribution in [0, 0.1) is 0 Å². The van der Waals surface area contributed by atoms with Crippen LogP contribution in [0.15, 0.2) is 54.7 Å². The van der Waals surface area contributed by atoms with Crippen molar-refractivity contribution in [2.45, 2.75) is 56.3 Å². The van der Waals surface area contributed by atoms with Crippen molar-refractivity contribution in [3.05, 3.63) is 65.9 Å². The lowest BCUT2D eigenvalue weighted by molar-refractivity contribution is -0.142. The normalized spacial score (nSPS) is 14.0. The molecule has 0 bridgehead atoms. The van der Waals surface area contributed by atoms with Gasteiger partial charge in [0.1, 0.15) is 29.9 Å². The lowest BCUT2D eigenvalue weighted by atomic mass is 10.0. The number of aliphatic hydroxyl groups is 1. The molecule has 4 atom stereocenters. The molecule has 0 fully saturated rings. The van der Waals surface area contributed by atoms with E-state index < -0.39 is 54.5 Å². The predicted molar refractivity (Wildman–Crippen MR) is 155 cm³/mol. The Labute approximate surface area is 242 Å². The van der Waals surface area contributed by atoms with Crippen LogP contribution in [0.2, 0.25) is 0 Å². The van der Waals surface area contributed by atoms with Crippen LogP contribution < -0.4 is 27.4 Å². The Morgan fingerprint density at radius 2 is 1.48 bits per heavy atom. The van der Waals surface area contributed by atoms with Gasteiger partial charge in [-0.1, -0.05) is 30.3 Å². The zero-order chi connectivity index (χ0) is 30.6. The van der Waals surface area contributed by atoms with Crippen molar-refractivity contribution in [2.75, 3.05) is 13.2 Å². The second-order valence-electron chi connectivity index (χ2n) is 10.0. The number of fused-ring (bicyclic) bond motifs is 1. The molecule has 0 saturated heterocycles. The number of unbranched alkanes of at least 4 members (excludes halogenated alkanes) is 1. The second kappa shape index (κ2) is 15.5. The number of carboxylic acids is 1. The van der Waals surface area contributed by atoms with Crippen molar-refractivity contribution < 1.29 is 34.5 Å². The summed E-state index contributed by atoms with van der Waals surface area (Å²) in [5, 5.41) is 37.2. The number of aromatic nitrogens is 1. The van der Waals surface area contributed by atoms with Gasteiger partial charge in [0, 0.05) is 29.9 Å². The van der Waals surface area contributed by atoms with E-state index in [0.717, 1.165) is 16.5 Å². The van der Waals surface area contributed by atoms with E-state index in [2.05, 4.69) is 20.9 Å². The molecule has 13 heteroatoms. The van der Waals surface area contributed by atoms with Crippen LogP contribution in [0.4, 0.5) is 0 Å². The zero-order valence-corrected chi connectivity index (χ0v) is 23.1. The molecule has 0 radical (unpaired) electrons. The molecule has 11 N–H and O–H groups in total. The first-order chi connectivity index (χ1) is 20.1. The molecule has 2 aromatic carbocycles. The minimum absolute atomic E-state index is 0.0200. The fourth-order valence-corrected chi connectivity index (χ4v) is 4.47. The second-order valence-corrected chi connectivity index (χ2v) is 10.0. The maximum atomic E-state index is 13.6. The maximum Gasteiger partial charge on any atom is 0.326 e. The van der Waals surface area contributed by atoms with E-state index >= 15 is 0 Å². The number of amides is 3. The highest BCUT2D eigenvalue weighted by Crippen LogP contribution is 2.19. The van der Waals surface area contributed by atoms with Crippen LogP contribution in [0.3, 0.4) is 0 Å². The van der Waals surface area contributed by atoms with Gasteiger partial charge in [0.05, 0.1) is 6.61 Å².